The van der Waals surface area contributed by atoms with Crippen LogP contribution in [0.4, 0.5) is 11.4 Å². The first-order valence-electron chi connectivity index (χ1n) is 10.5. The Labute approximate surface area is 204 Å². The second-order valence-corrected chi connectivity index (χ2v) is 10.9. The van der Waals surface area contributed by atoms with Crippen molar-refractivity contribution in [1.82, 2.24) is 4.98 Å². The Kier molecular flexibility index (Phi) is 7.14. The Morgan fingerprint density at radius 1 is 1.09 bits per heavy atom. The van der Waals surface area contributed by atoms with Gasteiger partial charge >= 0.3 is 0 Å². The summed E-state index contributed by atoms with van der Waals surface area (Å²) in [4.78, 5) is 30.8. The second kappa shape index (κ2) is 9.56. The minimum absolute atomic E-state index is 0.0259. The molecule has 2 aromatic carbocycles. The number of hydrogen-bond donors (Lipinski definition) is 1. The van der Waals surface area contributed by atoms with Crippen molar-refractivity contribution in [2.24, 2.45) is 0 Å². The van der Waals surface area contributed by atoms with E-state index in [9.17, 15) is 18.0 Å². The molecule has 1 aromatic heterocycles. The summed E-state index contributed by atoms with van der Waals surface area (Å²) >= 11 is 6.18. The number of hydrogen-bond acceptors (Lipinski definition) is 5. The maximum Gasteiger partial charge on any atom is 0.261 e. The number of halogens is 1. The number of aryl methyl sites for hydroxylation is 1. The molecule has 0 fully saturated rings. The number of rotatable bonds is 6. The molecule has 3 aromatic rings. The van der Waals surface area contributed by atoms with Gasteiger partial charge < -0.3 is 4.90 Å². The number of anilines is 2. The van der Waals surface area contributed by atoms with Crippen LogP contribution in [0, 0.1) is 6.92 Å². The molecule has 0 unspecified atom stereocenters. The summed E-state index contributed by atoms with van der Waals surface area (Å²) < 4.78 is 28.8. The number of aldehydes is 1. The number of benzene rings is 2. The predicted molar refractivity (Wildman–Crippen MR) is 134 cm³/mol. The van der Waals surface area contributed by atoms with E-state index in [1.165, 1.54) is 36.2 Å². The Balaban J connectivity index is 2.07. The fourth-order valence-corrected chi connectivity index (χ4v) is 4.74. The summed E-state index contributed by atoms with van der Waals surface area (Å²) in [5.41, 5.74) is 1.63. The van der Waals surface area contributed by atoms with Gasteiger partial charge in [0.25, 0.3) is 15.9 Å². The molecule has 1 N–H and O–H groups in total. The molecule has 0 saturated heterocycles. The molecule has 1 amide bonds. The largest absolute Gasteiger partial charge is 0.310 e. The van der Waals surface area contributed by atoms with Crippen LogP contribution in [0.25, 0.3) is 0 Å². The summed E-state index contributed by atoms with van der Waals surface area (Å²) in [6, 6.07) is 12.6. The van der Waals surface area contributed by atoms with Crippen molar-refractivity contribution in [1.29, 1.82) is 0 Å². The molecular formula is C25H26ClN3O4S. The number of sulfonamides is 1. The second-order valence-electron chi connectivity index (χ2n) is 8.85. The normalized spacial score (nSPS) is 11.7. The summed E-state index contributed by atoms with van der Waals surface area (Å²) in [5.74, 6) is -0.610. The number of nitrogens with one attached hydrogen (secondary N) is 1. The number of pyridine rings is 1. The molecule has 0 saturated carbocycles. The molecule has 0 atom stereocenters. The summed E-state index contributed by atoms with van der Waals surface area (Å²) in [6.45, 7) is 7.83. The predicted octanol–water partition coefficient (Wildman–Crippen LogP) is 5.23. The van der Waals surface area contributed by atoms with E-state index in [4.69, 9.17) is 11.6 Å². The van der Waals surface area contributed by atoms with Crippen LogP contribution in [0.3, 0.4) is 0 Å². The van der Waals surface area contributed by atoms with Crippen LogP contribution < -0.4 is 9.62 Å². The lowest BCUT2D eigenvalue weighted by Crippen LogP contribution is -2.29. The third-order valence-corrected chi connectivity index (χ3v) is 7.16. The molecule has 0 aliphatic rings. The molecule has 7 nitrogen and oxygen atoms in total. The standard InChI is InChI=1S/C25H26ClN3O4S/c1-16-22(7-6-14-27-16)29(5)24(31)23-19(15-30)20(26)12-13-21(23)28-34(32,33)18-10-8-17(9-11-18)25(2,3)4/h6-15,28H,1-5H3. The minimum Gasteiger partial charge on any atom is -0.310 e. The van der Waals surface area contributed by atoms with Gasteiger partial charge in [0.05, 0.1) is 32.6 Å². The lowest BCUT2D eigenvalue weighted by molar-refractivity contribution is 0.0987. The molecule has 9 heteroatoms. The fourth-order valence-electron chi connectivity index (χ4n) is 3.47. The van der Waals surface area contributed by atoms with Crippen molar-refractivity contribution >= 4 is 45.2 Å². The first-order chi connectivity index (χ1) is 15.9. The van der Waals surface area contributed by atoms with Crippen LogP contribution in [0.1, 0.15) is 52.7 Å². The molecule has 34 heavy (non-hydrogen) atoms. The van der Waals surface area contributed by atoms with E-state index in [2.05, 4.69) is 9.71 Å². The molecule has 178 valence electrons. The number of nitrogens with zero attached hydrogens (tertiary/aromatic N) is 2. The SMILES string of the molecule is Cc1ncccc1N(C)C(=O)c1c(NS(=O)(=O)c2ccc(C(C)(C)C)cc2)ccc(Cl)c1C=O. The third-order valence-electron chi connectivity index (χ3n) is 5.44. The van der Waals surface area contributed by atoms with Crippen molar-refractivity contribution in [2.75, 3.05) is 16.7 Å². The van der Waals surface area contributed by atoms with Gasteiger partial charge in [0.15, 0.2) is 6.29 Å². The Morgan fingerprint density at radius 2 is 1.74 bits per heavy atom. The molecule has 0 aliphatic heterocycles. The van der Waals surface area contributed by atoms with Crippen LogP contribution in [-0.4, -0.2) is 32.6 Å². The average Bonchev–Trinajstić information content (AvgIpc) is 2.78. The molecule has 0 radical (unpaired) electrons. The van der Waals surface area contributed by atoms with Gasteiger partial charge in [-0.3, -0.25) is 19.3 Å². The zero-order valence-corrected chi connectivity index (χ0v) is 21.2. The number of carbonyl (C=O) groups is 2. The van der Waals surface area contributed by atoms with Crippen molar-refractivity contribution in [3.63, 3.8) is 0 Å². The highest BCUT2D eigenvalue weighted by Crippen LogP contribution is 2.31. The summed E-state index contributed by atoms with van der Waals surface area (Å²) in [5, 5.41) is 0.0344. The third kappa shape index (κ3) is 5.13. The molecule has 3 rings (SSSR count). The Bertz CT molecular complexity index is 1350. The van der Waals surface area contributed by atoms with Crippen molar-refractivity contribution < 1.29 is 18.0 Å². The van der Waals surface area contributed by atoms with Crippen molar-refractivity contribution in [3.8, 4) is 0 Å². The molecule has 0 spiro atoms. The van der Waals surface area contributed by atoms with Crippen LogP contribution in [-0.2, 0) is 15.4 Å². The quantitative estimate of drug-likeness (QED) is 0.468. The fraction of sp³-hybridized carbons (Fsp3) is 0.240. The van der Waals surface area contributed by atoms with Gasteiger partial charge in [-0.15, -0.1) is 0 Å². The van der Waals surface area contributed by atoms with E-state index >= 15 is 0 Å². The minimum atomic E-state index is -4.06. The van der Waals surface area contributed by atoms with E-state index in [1.54, 1.807) is 37.4 Å². The Hall–Kier alpha value is -3.23. The van der Waals surface area contributed by atoms with E-state index in [-0.39, 0.29) is 32.1 Å². The highest BCUT2D eigenvalue weighted by Gasteiger charge is 2.27. The number of aromatic nitrogens is 1. The van der Waals surface area contributed by atoms with Crippen LogP contribution in [0.15, 0.2) is 59.6 Å². The number of carbonyl (C=O) groups excluding carboxylic acids is 2. The number of amides is 1. The van der Waals surface area contributed by atoms with Crippen LogP contribution in [0.2, 0.25) is 5.02 Å². The molecule has 1 heterocycles. The zero-order chi connectivity index (χ0) is 25.3. The summed E-state index contributed by atoms with van der Waals surface area (Å²) in [7, 11) is -2.54. The van der Waals surface area contributed by atoms with Gasteiger partial charge in [-0.05, 0) is 54.3 Å². The van der Waals surface area contributed by atoms with Gasteiger partial charge in [-0.2, -0.15) is 0 Å². The molecule has 0 aliphatic carbocycles. The van der Waals surface area contributed by atoms with Crippen molar-refractivity contribution in [2.45, 2.75) is 38.0 Å². The Morgan fingerprint density at radius 3 is 2.29 bits per heavy atom. The average molecular weight is 500 g/mol. The first-order valence-corrected chi connectivity index (χ1v) is 12.3. The van der Waals surface area contributed by atoms with E-state index in [0.717, 1.165) is 5.56 Å². The lowest BCUT2D eigenvalue weighted by atomic mass is 9.87. The van der Waals surface area contributed by atoms with E-state index in [0.29, 0.717) is 17.7 Å². The van der Waals surface area contributed by atoms with Gasteiger partial charge in [-0.1, -0.05) is 44.5 Å². The maximum atomic E-state index is 13.5. The highest BCUT2D eigenvalue weighted by molar-refractivity contribution is 7.92. The highest BCUT2D eigenvalue weighted by atomic mass is 35.5. The van der Waals surface area contributed by atoms with Crippen LogP contribution in [0.5, 0.6) is 0 Å². The smallest absolute Gasteiger partial charge is 0.261 e. The van der Waals surface area contributed by atoms with Crippen LogP contribution >= 0.6 is 11.6 Å². The topological polar surface area (TPSA) is 96.4 Å². The lowest BCUT2D eigenvalue weighted by Gasteiger charge is -2.22. The van der Waals surface area contributed by atoms with Gasteiger partial charge in [0.2, 0.25) is 0 Å². The van der Waals surface area contributed by atoms with Gasteiger partial charge in [0.1, 0.15) is 0 Å². The zero-order valence-electron chi connectivity index (χ0n) is 19.6. The first kappa shape index (κ1) is 25.4. The molecular weight excluding hydrogens is 474 g/mol. The maximum absolute atomic E-state index is 13.5. The van der Waals surface area contributed by atoms with Crippen molar-refractivity contribution in [3.05, 3.63) is 82.1 Å². The molecule has 0 bridgehead atoms. The summed E-state index contributed by atoms with van der Waals surface area (Å²) in [6.07, 6.45) is 2.04. The van der Waals surface area contributed by atoms with Gasteiger partial charge in [-0.25, -0.2) is 8.42 Å². The monoisotopic (exact) mass is 499 g/mol. The van der Waals surface area contributed by atoms with Gasteiger partial charge in [0, 0.05) is 18.8 Å². The van der Waals surface area contributed by atoms with E-state index < -0.39 is 15.9 Å². The van der Waals surface area contributed by atoms with E-state index in [1.807, 2.05) is 20.8 Å².